The largest absolute Gasteiger partial charge is 0.490 e. The van der Waals surface area contributed by atoms with E-state index in [-0.39, 0.29) is 18.0 Å². The van der Waals surface area contributed by atoms with Crippen molar-refractivity contribution in [2.24, 2.45) is 11.7 Å². The number of rotatable bonds is 3. The lowest BCUT2D eigenvalue weighted by Crippen LogP contribution is -2.24. The number of ether oxygens (including phenoxy) is 1. The third kappa shape index (κ3) is 3.47. The molecule has 1 aliphatic carbocycles. The normalized spacial score (nSPS) is 25.1. The van der Waals surface area contributed by atoms with Gasteiger partial charge >= 0.3 is 0 Å². The van der Waals surface area contributed by atoms with E-state index >= 15 is 0 Å². The number of nitrogens with two attached hydrogens (primary N) is 1. The zero-order chi connectivity index (χ0) is 14.0. The molecule has 0 aliphatic heterocycles. The van der Waals surface area contributed by atoms with E-state index in [1.165, 1.54) is 18.9 Å². The number of halogens is 1. The Bertz CT molecular complexity index is 437. The van der Waals surface area contributed by atoms with Crippen LogP contribution in [0.25, 0.3) is 0 Å². The van der Waals surface area contributed by atoms with Crippen LogP contribution >= 0.6 is 0 Å². The molecule has 1 saturated carbocycles. The van der Waals surface area contributed by atoms with Crippen molar-refractivity contribution in [1.29, 1.82) is 0 Å². The van der Waals surface area contributed by atoms with Crippen LogP contribution in [0.3, 0.4) is 0 Å². The maximum atomic E-state index is 13.6. The van der Waals surface area contributed by atoms with Gasteiger partial charge in [-0.1, -0.05) is 6.92 Å². The number of hydrogen-bond donors (Lipinski definition) is 1. The van der Waals surface area contributed by atoms with Gasteiger partial charge in [0.2, 0.25) is 0 Å². The lowest BCUT2D eigenvalue weighted by Gasteiger charge is -2.28. The fourth-order valence-electron chi connectivity index (χ4n) is 2.66. The van der Waals surface area contributed by atoms with E-state index in [4.69, 9.17) is 10.5 Å². The molecule has 1 aromatic carbocycles. The highest BCUT2D eigenvalue weighted by Crippen LogP contribution is 2.32. The maximum Gasteiger partial charge on any atom is 0.126 e. The van der Waals surface area contributed by atoms with Crippen LogP contribution in [0.15, 0.2) is 12.1 Å². The molecule has 2 N–H and O–H groups in total. The van der Waals surface area contributed by atoms with Gasteiger partial charge in [-0.3, -0.25) is 0 Å². The summed E-state index contributed by atoms with van der Waals surface area (Å²) in [6, 6.07) is 3.08. The van der Waals surface area contributed by atoms with Crippen LogP contribution in [0, 0.1) is 18.7 Å². The summed E-state index contributed by atoms with van der Waals surface area (Å²) in [5.41, 5.74) is 7.29. The Balaban J connectivity index is 2.17. The molecule has 1 atom stereocenters. The standard InChI is InChI=1S/C16H24FNO/c1-10-4-6-13(7-5-10)19-16-8-11(2)15(17)9-14(16)12(3)18/h8-10,12-13H,4-7,18H2,1-3H3/t10?,12-,13?/m1/s1. The molecule has 0 spiro atoms. The van der Waals surface area contributed by atoms with Crippen LogP contribution < -0.4 is 10.5 Å². The molecule has 2 nitrogen and oxygen atoms in total. The fourth-order valence-corrected chi connectivity index (χ4v) is 2.66. The lowest BCUT2D eigenvalue weighted by atomic mass is 9.89. The van der Waals surface area contributed by atoms with E-state index in [0.29, 0.717) is 5.56 Å². The van der Waals surface area contributed by atoms with Crippen LogP contribution in [-0.2, 0) is 0 Å². The van der Waals surface area contributed by atoms with Gasteiger partial charge in [0.25, 0.3) is 0 Å². The summed E-state index contributed by atoms with van der Waals surface area (Å²) in [6.45, 7) is 5.90. The summed E-state index contributed by atoms with van der Waals surface area (Å²) >= 11 is 0. The summed E-state index contributed by atoms with van der Waals surface area (Å²) < 4.78 is 19.7. The fraction of sp³-hybridized carbons (Fsp3) is 0.625. The van der Waals surface area contributed by atoms with Gasteiger partial charge in [-0.25, -0.2) is 4.39 Å². The summed E-state index contributed by atoms with van der Waals surface area (Å²) in [5.74, 6) is 1.34. The highest BCUT2D eigenvalue weighted by molar-refractivity contribution is 5.40. The third-order valence-corrected chi connectivity index (χ3v) is 4.04. The summed E-state index contributed by atoms with van der Waals surface area (Å²) in [7, 11) is 0. The predicted molar refractivity (Wildman–Crippen MR) is 75.8 cm³/mol. The molecular weight excluding hydrogens is 241 g/mol. The van der Waals surface area contributed by atoms with Gasteiger partial charge in [-0.05, 0) is 63.1 Å². The Kier molecular flexibility index (Phi) is 4.46. The van der Waals surface area contributed by atoms with Crippen LogP contribution in [0.2, 0.25) is 0 Å². The van der Waals surface area contributed by atoms with Gasteiger partial charge in [-0.15, -0.1) is 0 Å². The van der Waals surface area contributed by atoms with E-state index < -0.39 is 0 Å². The zero-order valence-electron chi connectivity index (χ0n) is 12.1. The number of hydrogen-bond acceptors (Lipinski definition) is 2. The number of aryl methyl sites for hydroxylation is 1. The van der Waals surface area contributed by atoms with Crippen molar-refractivity contribution in [3.8, 4) is 5.75 Å². The molecule has 0 aromatic heterocycles. The van der Waals surface area contributed by atoms with Crippen LogP contribution in [0.4, 0.5) is 4.39 Å². The minimum atomic E-state index is -0.215. The van der Waals surface area contributed by atoms with Crippen LogP contribution in [0.1, 0.15) is 56.7 Å². The number of benzene rings is 1. The Morgan fingerprint density at radius 2 is 1.89 bits per heavy atom. The van der Waals surface area contributed by atoms with E-state index in [0.717, 1.165) is 30.1 Å². The first-order valence-corrected chi connectivity index (χ1v) is 7.19. The molecule has 0 saturated heterocycles. The quantitative estimate of drug-likeness (QED) is 0.892. The van der Waals surface area contributed by atoms with Crippen molar-refractivity contribution >= 4 is 0 Å². The van der Waals surface area contributed by atoms with Crippen LogP contribution in [0.5, 0.6) is 5.75 Å². The molecule has 106 valence electrons. The molecule has 0 radical (unpaired) electrons. The highest BCUT2D eigenvalue weighted by atomic mass is 19.1. The molecule has 1 aliphatic rings. The van der Waals surface area contributed by atoms with Gasteiger partial charge in [0, 0.05) is 11.6 Å². The molecule has 1 fully saturated rings. The van der Waals surface area contributed by atoms with Crippen molar-refractivity contribution in [1.82, 2.24) is 0 Å². The average molecular weight is 265 g/mol. The van der Waals surface area contributed by atoms with Crippen molar-refractivity contribution in [3.05, 3.63) is 29.1 Å². The average Bonchev–Trinajstić information content (AvgIpc) is 2.36. The van der Waals surface area contributed by atoms with E-state index in [2.05, 4.69) is 6.92 Å². The Morgan fingerprint density at radius 3 is 2.47 bits per heavy atom. The zero-order valence-corrected chi connectivity index (χ0v) is 12.1. The molecule has 1 aromatic rings. The van der Waals surface area contributed by atoms with Crippen LogP contribution in [-0.4, -0.2) is 6.10 Å². The van der Waals surface area contributed by atoms with Crippen molar-refractivity contribution in [2.75, 3.05) is 0 Å². The van der Waals surface area contributed by atoms with E-state index in [1.807, 2.05) is 6.92 Å². The van der Waals surface area contributed by atoms with Crippen molar-refractivity contribution < 1.29 is 9.13 Å². The second-order valence-corrected chi connectivity index (χ2v) is 5.93. The van der Waals surface area contributed by atoms with Gasteiger partial charge in [0.05, 0.1) is 6.10 Å². The van der Waals surface area contributed by atoms with Gasteiger partial charge < -0.3 is 10.5 Å². The SMILES string of the molecule is Cc1cc(OC2CCC(C)CC2)c([C@@H](C)N)cc1F. The molecule has 3 heteroatoms. The molecule has 0 amide bonds. The monoisotopic (exact) mass is 265 g/mol. The molecule has 0 bridgehead atoms. The summed E-state index contributed by atoms with van der Waals surface area (Å²) in [4.78, 5) is 0. The topological polar surface area (TPSA) is 35.2 Å². The van der Waals surface area contributed by atoms with Gasteiger partial charge in [0.1, 0.15) is 11.6 Å². The Morgan fingerprint density at radius 1 is 1.26 bits per heavy atom. The molecule has 2 rings (SSSR count). The van der Waals surface area contributed by atoms with Crippen molar-refractivity contribution in [3.63, 3.8) is 0 Å². The van der Waals surface area contributed by atoms with E-state index in [1.54, 1.807) is 13.0 Å². The Hall–Kier alpha value is -1.09. The molecular formula is C16H24FNO. The maximum absolute atomic E-state index is 13.6. The Labute approximate surface area is 115 Å². The first-order valence-electron chi connectivity index (χ1n) is 7.19. The van der Waals surface area contributed by atoms with Gasteiger partial charge in [-0.2, -0.15) is 0 Å². The predicted octanol–water partition coefficient (Wildman–Crippen LogP) is 4.11. The smallest absolute Gasteiger partial charge is 0.126 e. The molecule has 0 heterocycles. The minimum absolute atomic E-state index is 0.211. The first-order chi connectivity index (χ1) is 8.97. The van der Waals surface area contributed by atoms with Gasteiger partial charge in [0.15, 0.2) is 0 Å². The second kappa shape index (κ2) is 5.91. The second-order valence-electron chi connectivity index (χ2n) is 5.93. The first kappa shape index (κ1) is 14.3. The lowest BCUT2D eigenvalue weighted by molar-refractivity contribution is 0.133. The van der Waals surface area contributed by atoms with Crippen molar-refractivity contribution in [2.45, 2.75) is 58.6 Å². The molecule has 19 heavy (non-hydrogen) atoms. The highest BCUT2D eigenvalue weighted by Gasteiger charge is 2.21. The summed E-state index contributed by atoms with van der Waals surface area (Å²) in [5, 5.41) is 0. The third-order valence-electron chi connectivity index (χ3n) is 4.04. The minimum Gasteiger partial charge on any atom is -0.490 e. The van der Waals surface area contributed by atoms with E-state index in [9.17, 15) is 4.39 Å². The summed E-state index contributed by atoms with van der Waals surface area (Å²) in [6.07, 6.45) is 4.82. The molecule has 0 unspecified atom stereocenters.